The van der Waals surface area contributed by atoms with E-state index in [0.717, 1.165) is 10.4 Å². The van der Waals surface area contributed by atoms with Gasteiger partial charge in [-0.25, -0.2) is 0 Å². The predicted octanol–water partition coefficient (Wildman–Crippen LogP) is 2.02. The number of hydrogen-bond acceptors (Lipinski definition) is 5. The normalized spacial score (nSPS) is 19.2. The zero-order chi connectivity index (χ0) is 16.8. The van der Waals surface area contributed by atoms with Gasteiger partial charge in [-0.3, -0.25) is 14.7 Å². The number of amides is 2. The maximum atomic E-state index is 12.2. The highest BCUT2D eigenvalue weighted by molar-refractivity contribution is 7.17. The van der Waals surface area contributed by atoms with Gasteiger partial charge in [0.1, 0.15) is 10.7 Å². The molecular formula is C15H18N4O3S. The Morgan fingerprint density at radius 1 is 1.52 bits per heavy atom. The first-order valence-electron chi connectivity index (χ1n) is 7.24. The first kappa shape index (κ1) is 15.7. The van der Waals surface area contributed by atoms with Gasteiger partial charge >= 0.3 is 0 Å². The molecule has 4 N–H and O–H groups in total. The van der Waals surface area contributed by atoms with Crippen LogP contribution in [-0.4, -0.2) is 28.1 Å². The van der Waals surface area contributed by atoms with Gasteiger partial charge in [-0.2, -0.15) is 5.10 Å². The van der Waals surface area contributed by atoms with Crippen molar-refractivity contribution in [3.63, 3.8) is 0 Å². The van der Waals surface area contributed by atoms with E-state index in [0.29, 0.717) is 22.7 Å². The van der Waals surface area contributed by atoms with E-state index in [2.05, 4.69) is 15.5 Å². The van der Waals surface area contributed by atoms with Gasteiger partial charge in [-0.1, -0.05) is 0 Å². The number of fused-ring (bicyclic) bond motifs is 1. The zero-order valence-electron chi connectivity index (χ0n) is 13.1. The molecule has 1 aliphatic rings. The molecule has 3 heterocycles. The van der Waals surface area contributed by atoms with E-state index in [1.807, 2.05) is 20.8 Å². The van der Waals surface area contributed by atoms with E-state index in [4.69, 9.17) is 10.5 Å². The number of aromatic nitrogens is 2. The average molecular weight is 334 g/mol. The van der Waals surface area contributed by atoms with Gasteiger partial charge < -0.3 is 15.8 Å². The fourth-order valence-electron chi connectivity index (χ4n) is 2.93. The summed E-state index contributed by atoms with van der Waals surface area (Å²) in [6.45, 7) is 5.85. The maximum Gasteiger partial charge on any atom is 0.274 e. The van der Waals surface area contributed by atoms with Crippen LogP contribution in [0.5, 0.6) is 0 Å². The number of carbonyl (C=O) groups is 2. The monoisotopic (exact) mass is 334 g/mol. The molecule has 7 nitrogen and oxygen atoms in total. The number of ether oxygens (including phenoxy) is 1. The fraction of sp³-hybridized carbons (Fsp3) is 0.400. The number of aromatic amines is 1. The van der Waals surface area contributed by atoms with Crippen LogP contribution >= 0.6 is 11.3 Å². The summed E-state index contributed by atoms with van der Waals surface area (Å²) >= 11 is 1.33. The van der Waals surface area contributed by atoms with Crippen LogP contribution in [0.4, 0.5) is 5.00 Å². The summed E-state index contributed by atoms with van der Waals surface area (Å²) in [6, 6.07) is 1.56. The third-order valence-corrected chi connectivity index (χ3v) is 5.21. The second-order valence-corrected chi connectivity index (χ2v) is 7.07. The molecule has 1 aliphatic heterocycles. The third kappa shape index (κ3) is 2.75. The highest BCUT2D eigenvalue weighted by Gasteiger charge is 2.38. The molecule has 0 spiro atoms. The number of thiophene rings is 1. The van der Waals surface area contributed by atoms with E-state index in [1.165, 1.54) is 17.5 Å². The van der Waals surface area contributed by atoms with Crippen LogP contribution in [0.1, 0.15) is 52.1 Å². The Hall–Kier alpha value is -2.19. The molecule has 122 valence electrons. The largest absolute Gasteiger partial charge is 0.367 e. The molecule has 0 saturated carbocycles. The number of nitrogens with zero attached hydrogens (tertiary/aromatic N) is 1. The predicted molar refractivity (Wildman–Crippen MR) is 86.7 cm³/mol. The molecule has 3 rings (SSSR count). The number of H-pyrrole nitrogens is 1. The Bertz CT molecular complexity index is 764. The first-order chi connectivity index (χ1) is 10.8. The minimum absolute atomic E-state index is 0.0265. The lowest BCUT2D eigenvalue weighted by molar-refractivity contribution is -0.0765. The van der Waals surface area contributed by atoms with Gasteiger partial charge in [0.05, 0.1) is 17.3 Å². The molecule has 0 fully saturated rings. The summed E-state index contributed by atoms with van der Waals surface area (Å²) in [5.41, 5.74) is 6.60. The smallest absolute Gasteiger partial charge is 0.274 e. The Labute approximate surface area is 137 Å². The van der Waals surface area contributed by atoms with Crippen LogP contribution in [-0.2, 0) is 16.8 Å². The van der Waals surface area contributed by atoms with Crippen molar-refractivity contribution < 1.29 is 14.3 Å². The van der Waals surface area contributed by atoms with Crippen LogP contribution in [0.3, 0.4) is 0 Å². The lowest BCUT2D eigenvalue weighted by Crippen LogP contribution is -2.34. The van der Waals surface area contributed by atoms with E-state index in [1.54, 1.807) is 6.07 Å². The van der Waals surface area contributed by atoms with Crippen LogP contribution in [0.15, 0.2) is 12.3 Å². The Kier molecular flexibility index (Phi) is 3.73. The molecule has 23 heavy (non-hydrogen) atoms. The SMILES string of the molecule is CC1Cc2c(sc(NC(=O)c3ccn[nH]3)c2C(N)=O)C(C)(C)O1. The van der Waals surface area contributed by atoms with E-state index in [-0.39, 0.29) is 12.0 Å². The highest BCUT2D eigenvalue weighted by Crippen LogP contribution is 2.45. The van der Waals surface area contributed by atoms with Crippen LogP contribution < -0.4 is 11.1 Å². The number of anilines is 1. The number of rotatable bonds is 3. The van der Waals surface area contributed by atoms with E-state index < -0.39 is 11.5 Å². The second-order valence-electron chi connectivity index (χ2n) is 6.05. The molecule has 0 radical (unpaired) electrons. The molecular weight excluding hydrogens is 316 g/mol. The Morgan fingerprint density at radius 3 is 2.87 bits per heavy atom. The van der Waals surface area contributed by atoms with Crippen molar-refractivity contribution in [1.82, 2.24) is 10.2 Å². The summed E-state index contributed by atoms with van der Waals surface area (Å²) in [5.74, 6) is -0.914. The highest BCUT2D eigenvalue weighted by atomic mass is 32.1. The maximum absolute atomic E-state index is 12.2. The average Bonchev–Trinajstić information content (AvgIpc) is 3.04. The Morgan fingerprint density at radius 2 is 2.26 bits per heavy atom. The van der Waals surface area contributed by atoms with Gasteiger partial charge in [0.15, 0.2) is 0 Å². The molecule has 8 heteroatoms. The van der Waals surface area contributed by atoms with E-state index >= 15 is 0 Å². The Balaban J connectivity index is 2.04. The van der Waals surface area contributed by atoms with Crippen molar-refractivity contribution in [2.24, 2.45) is 5.73 Å². The lowest BCUT2D eigenvalue weighted by atomic mass is 9.92. The summed E-state index contributed by atoms with van der Waals surface area (Å²) in [4.78, 5) is 25.1. The molecule has 1 unspecified atom stereocenters. The molecule has 0 bridgehead atoms. The third-order valence-electron chi connectivity index (χ3n) is 3.76. The summed E-state index contributed by atoms with van der Waals surface area (Å²) in [6.07, 6.45) is 2.05. The quantitative estimate of drug-likeness (QED) is 0.797. The van der Waals surface area contributed by atoms with Crippen LogP contribution in [0.2, 0.25) is 0 Å². The van der Waals surface area contributed by atoms with Gasteiger partial charge in [0, 0.05) is 17.5 Å². The van der Waals surface area contributed by atoms with Gasteiger partial charge in [0.25, 0.3) is 11.8 Å². The molecule has 1 atom stereocenters. The topological polar surface area (TPSA) is 110 Å². The van der Waals surface area contributed by atoms with Crippen molar-refractivity contribution in [2.45, 2.75) is 38.9 Å². The number of primary amides is 1. The minimum Gasteiger partial charge on any atom is -0.367 e. The van der Waals surface area contributed by atoms with Crippen LogP contribution in [0, 0.1) is 0 Å². The molecule has 0 aromatic carbocycles. The summed E-state index contributed by atoms with van der Waals surface area (Å²) in [5, 5.41) is 9.55. The minimum atomic E-state index is -0.549. The second kappa shape index (κ2) is 5.47. The van der Waals surface area contributed by atoms with E-state index in [9.17, 15) is 9.59 Å². The summed E-state index contributed by atoms with van der Waals surface area (Å²) in [7, 11) is 0. The lowest BCUT2D eigenvalue weighted by Gasteiger charge is -2.34. The van der Waals surface area contributed by atoms with Crippen LogP contribution in [0.25, 0.3) is 0 Å². The molecule has 0 aliphatic carbocycles. The molecule has 2 amide bonds. The standard InChI is InChI=1S/C15H18N4O3S/c1-7-6-8-10(12(16)20)14(23-11(8)15(2,3)22-7)18-13(21)9-4-5-17-19-9/h4-5,7H,6H2,1-3H3,(H2,16,20)(H,17,19)(H,18,21). The van der Waals surface area contributed by atoms with Crippen molar-refractivity contribution in [1.29, 1.82) is 0 Å². The molecule has 2 aromatic rings. The number of carbonyl (C=O) groups excluding carboxylic acids is 2. The number of nitrogens with two attached hydrogens (primary N) is 1. The van der Waals surface area contributed by atoms with Gasteiger partial charge in [-0.05, 0) is 32.4 Å². The van der Waals surface area contributed by atoms with Gasteiger partial charge in [-0.15, -0.1) is 11.3 Å². The molecule has 0 saturated heterocycles. The molecule has 2 aromatic heterocycles. The van der Waals surface area contributed by atoms with Crippen molar-refractivity contribution >= 4 is 28.2 Å². The zero-order valence-corrected chi connectivity index (χ0v) is 13.9. The van der Waals surface area contributed by atoms with Crippen molar-refractivity contribution in [3.05, 3.63) is 34.0 Å². The first-order valence-corrected chi connectivity index (χ1v) is 8.05. The number of hydrogen-bond donors (Lipinski definition) is 3. The number of nitrogens with one attached hydrogen (secondary N) is 2. The van der Waals surface area contributed by atoms with Crippen molar-refractivity contribution in [3.8, 4) is 0 Å². The summed E-state index contributed by atoms with van der Waals surface area (Å²) < 4.78 is 5.95. The van der Waals surface area contributed by atoms with Crippen molar-refractivity contribution in [2.75, 3.05) is 5.32 Å². The van der Waals surface area contributed by atoms with Gasteiger partial charge in [0.2, 0.25) is 0 Å². The fourth-order valence-corrected chi connectivity index (χ4v) is 4.21.